The Labute approximate surface area is 161 Å². The van der Waals surface area contributed by atoms with Crippen LogP contribution in [-0.2, 0) is 23.0 Å². The molecule has 2 aromatic rings. The molecule has 27 heavy (non-hydrogen) atoms. The van der Waals surface area contributed by atoms with Crippen LogP contribution in [0.5, 0.6) is 0 Å². The predicted octanol–water partition coefficient (Wildman–Crippen LogP) is 1.94. The summed E-state index contributed by atoms with van der Waals surface area (Å²) in [7, 11) is -0.225. The van der Waals surface area contributed by atoms with Gasteiger partial charge in [0.25, 0.3) is 0 Å². The van der Waals surface area contributed by atoms with Crippen LogP contribution in [0.1, 0.15) is 16.7 Å². The van der Waals surface area contributed by atoms with Crippen molar-refractivity contribution in [2.75, 3.05) is 32.9 Å². The third-order valence-corrected chi connectivity index (χ3v) is 7.69. The number of rotatable bonds is 5. The van der Waals surface area contributed by atoms with Gasteiger partial charge in [-0.1, -0.05) is 42.5 Å². The number of aliphatic hydroxyl groups excluding tert-OH is 1. The Morgan fingerprint density at radius 3 is 2.59 bits per heavy atom. The fourth-order valence-electron chi connectivity index (χ4n) is 4.21. The topological polar surface area (TPSA) is 60.9 Å². The Balaban J connectivity index is 1.44. The van der Waals surface area contributed by atoms with Crippen LogP contribution >= 0.6 is 0 Å². The van der Waals surface area contributed by atoms with Crippen LogP contribution < -0.4 is 0 Å². The molecule has 1 N–H and O–H groups in total. The quantitative estimate of drug-likeness (QED) is 0.728. The van der Waals surface area contributed by atoms with Crippen LogP contribution in [0.4, 0.5) is 0 Å². The van der Waals surface area contributed by atoms with E-state index >= 15 is 0 Å². The first-order valence-corrected chi connectivity index (χ1v) is 10.9. The standard InChI is InChI=1S/C21H26N2O3S/c1-22(2)27(25,26)14-18-12-23(13-21(18)24)11-15-7-8-20-17(9-15)10-16-5-3-4-6-19(16)20/h3-9,18,21,24H,10-14H2,1-2H3/t18-,21+/m0/s1. The largest absolute Gasteiger partial charge is 0.391 e. The second-order valence-corrected chi connectivity index (χ2v) is 10.1. The monoisotopic (exact) mass is 386 g/mol. The molecule has 144 valence electrons. The van der Waals surface area contributed by atoms with Crippen molar-refractivity contribution in [2.24, 2.45) is 5.92 Å². The molecule has 0 spiro atoms. The van der Waals surface area contributed by atoms with Gasteiger partial charge in [0.2, 0.25) is 10.0 Å². The van der Waals surface area contributed by atoms with Crippen molar-refractivity contribution in [3.05, 3.63) is 59.2 Å². The Morgan fingerprint density at radius 2 is 1.81 bits per heavy atom. The number of hydrogen-bond acceptors (Lipinski definition) is 4. The molecule has 0 amide bonds. The molecular weight excluding hydrogens is 360 g/mol. The number of sulfonamides is 1. The summed E-state index contributed by atoms with van der Waals surface area (Å²) < 4.78 is 25.5. The normalized spacial score (nSPS) is 22.2. The summed E-state index contributed by atoms with van der Waals surface area (Å²) in [5.41, 5.74) is 6.57. The number of β-amino-alcohol motifs (C(OH)–C–C–N with tert-alkyl or cyclic N) is 1. The molecular formula is C21H26N2O3S. The highest BCUT2D eigenvalue weighted by molar-refractivity contribution is 7.89. The van der Waals surface area contributed by atoms with Gasteiger partial charge in [-0.25, -0.2) is 12.7 Å². The summed E-state index contributed by atoms with van der Waals surface area (Å²) in [6, 6.07) is 15.1. The molecule has 4 rings (SSSR count). The Hall–Kier alpha value is -1.73. The smallest absolute Gasteiger partial charge is 0.214 e. The maximum Gasteiger partial charge on any atom is 0.214 e. The summed E-state index contributed by atoms with van der Waals surface area (Å²) >= 11 is 0. The van der Waals surface area contributed by atoms with Crippen LogP contribution in [0.15, 0.2) is 42.5 Å². The van der Waals surface area contributed by atoms with Gasteiger partial charge in [0.05, 0.1) is 11.9 Å². The van der Waals surface area contributed by atoms with Crippen molar-refractivity contribution in [1.29, 1.82) is 0 Å². The van der Waals surface area contributed by atoms with E-state index in [-0.39, 0.29) is 11.7 Å². The third kappa shape index (κ3) is 3.67. The minimum atomic E-state index is -3.30. The molecule has 0 radical (unpaired) electrons. The number of hydrogen-bond donors (Lipinski definition) is 1. The maximum atomic E-state index is 12.1. The van der Waals surface area contributed by atoms with E-state index in [9.17, 15) is 13.5 Å². The Bertz CT molecular complexity index is 956. The van der Waals surface area contributed by atoms with Gasteiger partial charge < -0.3 is 5.11 Å². The number of benzene rings is 2. The van der Waals surface area contributed by atoms with Gasteiger partial charge in [-0.05, 0) is 34.2 Å². The van der Waals surface area contributed by atoms with Crippen molar-refractivity contribution in [3.8, 4) is 11.1 Å². The minimum absolute atomic E-state index is 0.00281. The SMILES string of the molecule is CN(C)S(=O)(=O)C[C@@H]1CN(Cc2ccc3c(c2)Cc2ccccc2-3)C[C@H]1O. The van der Waals surface area contributed by atoms with Crippen molar-refractivity contribution in [2.45, 2.75) is 19.1 Å². The fourth-order valence-corrected chi connectivity index (χ4v) is 5.38. The average molecular weight is 387 g/mol. The van der Waals surface area contributed by atoms with E-state index in [0.717, 1.165) is 13.0 Å². The average Bonchev–Trinajstić information content (AvgIpc) is 3.14. The molecule has 2 atom stereocenters. The molecule has 5 nitrogen and oxygen atoms in total. The number of fused-ring (bicyclic) bond motifs is 3. The molecule has 0 unspecified atom stereocenters. The lowest BCUT2D eigenvalue weighted by atomic mass is 10.0. The van der Waals surface area contributed by atoms with Crippen LogP contribution in [0.3, 0.4) is 0 Å². The van der Waals surface area contributed by atoms with E-state index in [0.29, 0.717) is 13.1 Å². The molecule has 1 aliphatic heterocycles. The van der Waals surface area contributed by atoms with E-state index in [1.807, 2.05) is 0 Å². The molecule has 6 heteroatoms. The predicted molar refractivity (Wildman–Crippen MR) is 107 cm³/mol. The van der Waals surface area contributed by atoms with E-state index in [1.54, 1.807) is 0 Å². The van der Waals surface area contributed by atoms with Gasteiger partial charge in [-0.15, -0.1) is 0 Å². The van der Waals surface area contributed by atoms with Crippen LogP contribution in [0, 0.1) is 5.92 Å². The van der Waals surface area contributed by atoms with Gasteiger partial charge in [-0.3, -0.25) is 4.90 Å². The molecule has 1 heterocycles. The first-order valence-electron chi connectivity index (χ1n) is 9.34. The number of likely N-dealkylation sites (tertiary alicyclic amines) is 1. The van der Waals surface area contributed by atoms with E-state index < -0.39 is 16.1 Å². The minimum Gasteiger partial charge on any atom is -0.391 e. The molecule has 2 aliphatic rings. The summed E-state index contributed by atoms with van der Waals surface area (Å²) in [6.07, 6.45) is 0.365. The molecule has 0 saturated carbocycles. The van der Waals surface area contributed by atoms with Crippen molar-refractivity contribution < 1.29 is 13.5 Å². The summed E-state index contributed by atoms with van der Waals surface area (Å²) in [6.45, 7) is 1.86. The fraction of sp³-hybridized carbons (Fsp3) is 0.429. The van der Waals surface area contributed by atoms with Gasteiger partial charge in [-0.2, -0.15) is 0 Å². The highest BCUT2D eigenvalue weighted by atomic mass is 32.2. The van der Waals surface area contributed by atoms with Crippen LogP contribution in [0.25, 0.3) is 11.1 Å². The van der Waals surface area contributed by atoms with Crippen molar-refractivity contribution in [3.63, 3.8) is 0 Å². The molecule has 0 aromatic heterocycles. The van der Waals surface area contributed by atoms with Crippen molar-refractivity contribution in [1.82, 2.24) is 9.21 Å². The summed E-state index contributed by atoms with van der Waals surface area (Å²) in [5, 5.41) is 10.3. The second-order valence-electron chi connectivity index (χ2n) is 7.91. The second kappa shape index (κ2) is 7.02. The zero-order valence-corrected chi connectivity index (χ0v) is 16.6. The lowest BCUT2D eigenvalue weighted by Gasteiger charge is -2.18. The zero-order chi connectivity index (χ0) is 19.2. The summed E-state index contributed by atoms with van der Waals surface area (Å²) in [4.78, 5) is 2.16. The van der Waals surface area contributed by atoms with E-state index in [4.69, 9.17) is 0 Å². The zero-order valence-electron chi connectivity index (χ0n) is 15.8. The van der Waals surface area contributed by atoms with Crippen LogP contribution in [0.2, 0.25) is 0 Å². The summed E-state index contributed by atoms with van der Waals surface area (Å²) in [5.74, 6) is -0.243. The van der Waals surface area contributed by atoms with Gasteiger partial charge in [0.1, 0.15) is 0 Å². The van der Waals surface area contributed by atoms with Gasteiger partial charge in [0, 0.05) is 39.6 Å². The Kier molecular flexibility index (Phi) is 4.84. The Morgan fingerprint density at radius 1 is 1.07 bits per heavy atom. The lowest BCUT2D eigenvalue weighted by Crippen LogP contribution is -2.33. The highest BCUT2D eigenvalue weighted by Gasteiger charge is 2.35. The van der Waals surface area contributed by atoms with Crippen molar-refractivity contribution >= 4 is 10.0 Å². The number of aliphatic hydroxyl groups is 1. The lowest BCUT2D eigenvalue weighted by molar-refractivity contribution is 0.148. The third-order valence-electron chi connectivity index (χ3n) is 5.73. The molecule has 2 aromatic carbocycles. The van der Waals surface area contributed by atoms with Gasteiger partial charge >= 0.3 is 0 Å². The first kappa shape index (κ1) is 18.6. The number of nitrogens with zero attached hydrogens (tertiary/aromatic N) is 2. The maximum absolute atomic E-state index is 12.1. The first-order chi connectivity index (χ1) is 12.8. The van der Waals surface area contributed by atoms with E-state index in [2.05, 4.69) is 47.4 Å². The van der Waals surface area contributed by atoms with Crippen LogP contribution in [-0.4, -0.2) is 61.8 Å². The molecule has 1 aliphatic carbocycles. The molecule has 0 bridgehead atoms. The molecule has 1 fully saturated rings. The van der Waals surface area contributed by atoms with E-state index in [1.165, 1.54) is 46.2 Å². The highest BCUT2D eigenvalue weighted by Crippen LogP contribution is 2.37. The molecule has 1 saturated heterocycles. The van der Waals surface area contributed by atoms with Gasteiger partial charge in [0.15, 0.2) is 0 Å².